The third kappa shape index (κ3) is 3.89. The molecule has 1 N–H and O–H groups in total. The molecule has 0 bridgehead atoms. The van der Waals surface area contributed by atoms with Crippen LogP contribution in [0.15, 0.2) is 60.8 Å². The van der Waals surface area contributed by atoms with Crippen LogP contribution in [-0.4, -0.2) is 9.36 Å². The Balaban J connectivity index is 1.53. The Hall–Kier alpha value is -2.43. The highest BCUT2D eigenvalue weighted by Crippen LogP contribution is 2.33. The molecule has 0 atom stereocenters. The molecular weight excluding hydrogens is 386 g/mol. The average Bonchev–Trinajstić information content (AvgIpc) is 3.08. The molecule has 0 aliphatic carbocycles. The number of fused-ring (bicyclic) bond motifs is 1. The molecule has 3 nitrogen and oxygen atoms in total. The predicted octanol–water partition coefficient (Wildman–Crippen LogP) is 6.92. The Bertz CT molecular complexity index is 1110. The van der Waals surface area contributed by atoms with Crippen LogP contribution in [0.5, 0.6) is 0 Å². The van der Waals surface area contributed by atoms with Crippen molar-refractivity contribution >= 4 is 39.0 Å². The van der Waals surface area contributed by atoms with Gasteiger partial charge in [0.25, 0.3) is 0 Å². The Morgan fingerprint density at radius 2 is 1.82 bits per heavy atom. The molecule has 5 heteroatoms. The van der Waals surface area contributed by atoms with Crippen LogP contribution < -0.4 is 5.32 Å². The smallest absolute Gasteiger partial charge is 0.147 e. The molecule has 2 aromatic heterocycles. The number of nitrogens with zero attached hydrogens (tertiary/aromatic N) is 2. The SMILES string of the molecule is CC(C)(C)c1ccc(CNc2nsc3cc(-c4ncccc4Cl)ccc23)cc1. The van der Waals surface area contributed by atoms with E-state index in [-0.39, 0.29) is 5.41 Å². The summed E-state index contributed by atoms with van der Waals surface area (Å²) >= 11 is 7.77. The van der Waals surface area contributed by atoms with Crippen molar-refractivity contribution in [1.82, 2.24) is 9.36 Å². The molecule has 0 aliphatic heterocycles. The molecule has 0 amide bonds. The largest absolute Gasteiger partial charge is 0.365 e. The summed E-state index contributed by atoms with van der Waals surface area (Å²) in [4.78, 5) is 4.40. The average molecular weight is 408 g/mol. The minimum Gasteiger partial charge on any atom is -0.365 e. The number of nitrogens with one attached hydrogen (secondary N) is 1. The van der Waals surface area contributed by atoms with Gasteiger partial charge >= 0.3 is 0 Å². The Labute approximate surface area is 174 Å². The zero-order valence-corrected chi connectivity index (χ0v) is 17.7. The first-order valence-corrected chi connectivity index (χ1v) is 10.4. The summed E-state index contributed by atoms with van der Waals surface area (Å²) in [6, 6.07) is 18.7. The number of halogens is 1. The van der Waals surface area contributed by atoms with Crippen LogP contribution in [-0.2, 0) is 12.0 Å². The summed E-state index contributed by atoms with van der Waals surface area (Å²) in [6.07, 6.45) is 1.76. The van der Waals surface area contributed by atoms with Crippen molar-refractivity contribution in [3.05, 3.63) is 76.9 Å². The van der Waals surface area contributed by atoms with Crippen molar-refractivity contribution < 1.29 is 0 Å². The highest BCUT2D eigenvalue weighted by Gasteiger charge is 2.13. The van der Waals surface area contributed by atoms with Gasteiger partial charge in [-0.05, 0) is 52.3 Å². The Morgan fingerprint density at radius 1 is 1.04 bits per heavy atom. The molecule has 0 unspecified atom stereocenters. The van der Waals surface area contributed by atoms with Gasteiger partial charge in [-0.25, -0.2) is 0 Å². The second-order valence-electron chi connectivity index (χ2n) is 7.88. The molecular formula is C23H22ClN3S. The Kier molecular flexibility index (Phi) is 5.09. The molecule has 0 fully saturated rings. The number of rotatable bonds is 4. The molecule has 0 radical (unpaired) electrons. The number of anilines is 1. The van der Waals surface area contributed by atoms with Crippen molar-refractivity contribution in [2.45, 2.75) is 32.7 Å². The molecule has 0 spiro atoms. The van der Waals surface area contributed by atoms with Crippen LogP contribution in [0, 0.1) is 0 Å². The maximum Gasteiger partial charge on any atom is 0.147 e. The van der Waals surface area contributed by atoms with Gasteiger partial charge in [0.05, 0.1) is 15.4 Å². The van der Waals surface area contributed by atoms with E-state index in [0.717, 1.165) is 33.7 Å². The fourth-order valence-electron chi connectivity index (χ4n) is 3.12. The van der Waals surface area contributed by atoms with Gasteiger partial charge in [-0.15, -0.1) is 0 Å². The van der Waals surface area contributed by atoms with Crippen LogP contribution in [0.25, 0.3) is 21.3 Å². The van der Waals surface area contributed by atoms with E-state index in [0.29, 0.717) is 5.02 Å². The van der Waals surface area contributed by atoms with Crippen LogP contribution in [0.4, 0.5) is 5.82 Å². The van der Waals surface area contributed by atoms with Gasteiger partial charge in [0, 0.05) is 23.7 Å². The Morgan fingerprint density at radius 3 is 2.54 bits per heavy atom. The lowest BCUT2D eigenvalue weighted by molar-refractivity contribution is 0.590. The van der Waals surface area contributed by atoms with Gasteiger partial charge in [-0.1, -0.05) is 62.7 Å². The summed E-state index contributed by atoms with van der Waals surface area (Å²) < 4.78 is 5.72. The fraction of sp³-hybridized carbons (Fsp3) is 0.217. The van der Waals surface area contributed by atoms with Crippen molar-refractivity contribution in [3.63, 3.8) is 0 Å². The molecule has 28 heavy (non-hydrogen) atoms. The van der Waals surface area contributed by atoms with E-state index in [1.807, 2.05) is 18.2 Å². The first-order chi connectivity index (χ1) is 13.4. The molecule has 4 rings (SSSR count). The van der Waals surface area contributed by atoms with Crippen molar-refractivity contribution in [1.29, 1.82) is 0 Å². The van der Waals surface area contributed by atoms with Crippen molar-refractivity contribution in [2.24, 2.45) is 0 Å². The summed E-state index contributed by atoms with van der Waals surface area (Å²) in [6.45, 7) is 7.44. The molecule has 2 aromatic carbocycles. The topological polar surface area (TPSA) is 37.8 Å². The number of hydrogen-bond acceptors (Lipinski definition) is 4. The van der Waals surface area contributed by atoms with E-state index < -0.39 is 0 Å². The van der Waals surface area contributed by atoms with E-state index in [9.17, 15) is 0 Å². The number of benzene rings is 2. The number of pyridine rings is 1. The van der Waals surface area contributed by atoms with Gasteiger partial charge in [-0.2, -0.15) is 4.37 Å². The molecule has 0 saturated heterocycles. The lowest BCUT2D eigenvalue weighted by Gasteiger charge is -2.19. The maximum atomic E-state index is 6.28. The molecule has 142 valence electrons. The lowest BCUT2D eigenvalue weighted by atomic mass is 9.87. The lowest BCUT2D eigenvalue weighted by Crippen LogP contribution is -2.11. The third-order valence-corrected chi connectivity index (χ3v) is 5.90. The van der Waals surface area contributed by atoms with Crippen LogP contribution in [0.3, 0.4) is 0 Å². The summed E-state index contributed by atoms with van der Waals surface area (Å²) in [5, 5.41) is 5.24. The number of aromatic nitrogens is 2. The first-order valence-electron chi connectivity index (χ1n) is 9.25. The molecule has 0 aliphatic rings. The van der Waals surface area contributed by atoms with Gasteiger partial charge in [0.2, 0.25) is 0 Å². The van der Waals surface area contributed by atoms with Gasteiger partial charge in [0.15, 0.2) is 0 Å². The van der Waals surface area contributed by atoms with Crippen LogP contribution in [0.2, 0.25) is 5.02 Å². The quantitative estimate of drug-likeness (QED) is 0.399. The summed E-state index contributed by atoms with van der Waals surface area (Å²) in [7, 11) is 0. The zero-order chi connectivity index (χ0) is 19.7. The van der Waals surface area contributed by atoms with E-state index in [4.69, 9.17) is 11.6 Å². The van der Waals surface area contributed by atoms with Crippen LogP contribution >= 0.6 is 23.1 Å². The first kappa shape index (κ1) is 18.9. The van der Waals surface area contributed by atoms with Gasteiger partial charge < -0.3 is 5.32 Å². The molecule has 4 aromatic rings. The van der Waals surface area contributed by atoms with E-state index in [1.54, 1.807) is 6.20 Å². The van der Waals surface area contributed by atoms with E-state index in [2.05, 4.69) is 71.8 Å². The zero-order valence-electron chi connectivity index (χ0n) is 16.2. The second kappa shape index (κ2) is 7.53. The summed E-state index contributed by atoms with van der Waals surface area (Å²) in [5.41, 5.74) is 4.56. The van der Waals surface area contributed by atoms with E-state index >= 15 is 0 Å². The standard InChI is InChI=1S/C23H22ClN3S/c1-23(2,3)17-9-6-15(7-10-17)14-26-22-18-11-8-16(13-20(18)28-27-22)21-19(24)5-4-12-25-21/h4-13H,14H2,1-3H3,(H,26,27). The van der Waals surface area contributed by atoms with Crippen molar-refractivity contribution in [2.75, 3.05) is 5.32 Å². The molecule has 2 heterocycles. The molecule has 0 saturated carbocycles. The highest BCUT2D eigenvalue weighted by atomic mass is 35.5. The van der Waals surface area contributed by atoms with Gasteiger partial charge in [0.1, 0.15) is 5.82 Å². The fourth-order valence-corrected chi connectivity index (χ4v) is 4.14. The number of hydrogen-bond donors (Lipinski definition) is 1. The monoisotopic (exact) mass is 407 g/mol. The summed E-state index contributed by atoms with van der Waals surface area (Å²) in [5.74, 6) is 0.915. The normalized spacial score (nSPS) is 11.7. The maximum absolute atomic E-state index is 6.28. The predicted molar refractivity (Wildman–Crippen MR) is 120 cm³/mol. The minimum absolute atomic E-state index is 0.172. The third-order valence-electron chi connectivity index (χ3n) is 4.78. The van der Waals surface area contributed by atoms with E-state index in [1.165, 1.54) is 22.7 Å². The van der Waals surface area contributed by atoms with Crippen LogP contribution in [0.1, 0.15) is 31.9 Å². The van der Waals surface area contributed by atoms with Gasteiger partial charge in [-0.3, -0.25) is 4.98 Å². The van der Waals surface area contributed by atoms with Crippen molar-refractivity contribution in [3.8, 4) is 11.3 Å². The minimum atomic E-state index is 0.172. The second-order valence-corrected chi connectivity index (χ2v) is 9.09. The highest BCUT2D eigenvalue weighted by molar-refractivity contribution is 7.13.